The molecule has 8 heteroatoms. The summed E-state index contributed by atoms with van der Waals surface area (Å²) < 4.78 is 1.41. The van der Waals surface area contributed by atoms with E-state index in [0.717, 1.165) is 5.56 Å². The molecule has 1 N–H and O–H groups in total. The molecule has 1 aliphatic rings. The number of benzene rings is 1. The van der Waals surface area contributed by atoms with Crippen molar-refractivity contribution >= 4 is 17.9 Å². The molecule has 132 valence electrons. The van der Waals surface area contributed by atoms with Crippen molar-refractivity contribution in [2.24, 2.45) is 5.92 Å². The molecule has 0 bridgehead atoms. The fraction of sp³-hybridized carbons (Fsp3) is 0.412. The quantitative estimate of drug-likeness (QED) is 0.915. The van der Waals surface area contributed by atoms with E-state index in [1.807, 2.05) is 30.3 Å². The molecule has 0 aliphatic carbocycles. The number of carbonyl (C=O) groups is 2. The average molecular weight is 342 g/mol. The normalized spacial score (nSPS) is 19.2. The number of hydrogen-bond acceptors (Lipinski definition) is 4. The average Bonchev–Trinajstić information content (AvgIpc) is 3.00. The minimum atomic E-state index is -0.233. The maximum absolute atomic E-state index is 12.5. The highest BCUT2D eigenvalue weighted by atomic mass is 16.2. The zero-order valence-electron chi connectivity index (χ0n) is 14.6. The summed E-state index contributed by atoms with van der Waals surface area (Å²) in [5.41, 5.74) is 1.12. The highest BCUT2D eigenvalue weighted by Gasteiger charge is 2.40. The van der Waals surface area contributed by atoms with Crippen molar-refractivity contribution in [3.05, 3.63) is 42.2 Å². The van der Waals surface area contributed by atoms with Crippen LogP contribution in [0.3, 0.4) is 0 Å². The number of nitrogens with zero attached hydrogens (tertiary/aromatic N) is 5. The summed E-state index contributed by atoms with van der Waals surface area (Å²) in [5, 5.41) is 6.84. The largest absolute Gasteiger partial charge is 0.347 e. The molecule has 0 unspecified atom stereocenters. The van der Waals surface area contributed by atoms with Gasteiger partial charge in [-0.15, -0.1) is 5.10 Å². The van der Waals surface area contributed by atoms with E-state index in [2.05, 4.69) is 22.3 Å². The summed E-state index contributed by atoms with van der Waals surface area (Å²) in [4.78, 5) is 31.5. The smallest absolute Gasteiger partial charge is 0.324 e. The lowest BCUT2D eigenvalue weighted by molar-refractivity contribution is -0.129. The topological polar surface area (TPSA) is 83.4 Å². The third kappa shape index (κ3) is 3.62. The number of hydrogen-bond donors (Lipinski definition) is 1. The highest BCUT2D eigenvalue weighted by molar-refractivity contribution is 5.88. The van der Waals surface area contributed by atoms with E-state index in [4.69, 9.17) is 0 Å². The molecule has 8 nitrogen and oxygen atoms in total. The first-order valence-electron chi connectivity index (χ1n) is 8.18. The van der Waals surface area contributed by atoms with Crippen LogP contribution in [0.4, 0.5) is 10.7 Å². The van der Waals surface area contributed by atoms with Crippen LogP contribution < -0.4 is 5.32 Å². The van der Waals surface area contributed by atoms with Crippen LogP contribution in [0.2, 0.25) is 0 Å². The van der Waals surface area contributed by atoms with Crippen LogP contribution in [-0.4, -0.2) is 57.1 Å². The maximum atomic E-state index is 12.5. The van der Waals surface area contributed by atoms with Crippen LogP contribution in [0, 0.1) is 5.92 Å². The lowest BCUT2D eigenvalue weighted by Gasteiger charge is -2.46. The van der Waals surface area contributed by atoms with Crippen LogP contribution in [0.25, 0.3) is 0 Å². The molecule has 0 saturated carbocycles. The van der Waals surface area contributed by atoms with Crippen LogP contribution in [0.15, 0.2) is 36.7 Å². The van der Waals surface area contributed by atoms with Crippen LogP contribution in [0.1, 0.15) is 18.5 Å². The second-order valence-corrected chi connectivity index (χ2v) is 6.47. The summed E-state index contributed by atoms with van der Waals surface area (Å²) >= 11 is 0. The molecule has 2 aromatic rings. The Morgan fingerprint density at radius 3 is 2.64 bits per heavy atom. The van der Waals surface area contributed by atoms with E-state index >= 15 is 0 Å². The molecule has 1 saturated heterocycles. The van der Waals surface area contributed by atoms with Gasteiger partial charge in [-0.25, -0.2) is 14.5 Å². The Hall–Kier alpha value is -2.90. The molecular formula is C17H22N6O2. The first-order valence-corrected chi connectivity index (χ1v) is 8.18. The first-order chi connectivity index (χ1) is 12.0. The fourth-order valence-corrected chi connectivity index (χ4v) is 2.94. The number of likely N-dealkylation sites (N-methyl/N-ethyl adjacent to an activating group) is 1. The zero-order valence-corrected chi connectivity index (χ0v) is 14.6. The van der Waals surface area contributed by atoms with Gasteiger partial charge in [0.05, 0.1) is 6.04 Å². The summed E-state index contributed by atoms with van der Waals surface area (Å²) in [5.74, 6) is 0.503. The van der Waals surface area contributed by atoms with Gasteiger partial charge in [0.15, 0.2) is 0 Å². The predicted octanol–water partition coefficient (Wildman–Crippen LogP) is 1.59. The van der Waals surface area contributed by atoms with Gasteiger partial charge in [-0.2, -0.15) is 0 Å². The molecule has 0 spiro atoms. The van der Waals surface area contributed by atoms with E-state index in [1.54, 1.807) is 19.0 Å². The number of anilines is 1. The minimum absolute atomic E-state index is 0.0543. The number of carbonyl (C=O) groups excluding carboxylic acids is 2. The van der Waals surface area contributed by atoms with E-state index < -0.39 is 0 Å². The van der Waals surface area contributed by atoms with Crippen LogP contribution in [0.5, 0.6) is 0 Å². The molecule has 2 heterocycles. The molecule has 1 fully saturated rings. The standard InChI is InChI=1S/C17H22N6O2/c1-12-9-23(15(12)13-7-5-4-6-8-13)17(25)19-16-18-11-22(20-16)10-14(24)21(2)3/h4-8,11-12,15H,9-10H2,1-3H3,(H,19,20,25)/t12-,15-/m0/s1. The monoisotopic (exact) mass is 342 g/mol. The van der Waals surface area contributed by atoms with Gasteiger partial charge in [-0.05, 0) is 11.5 Å². The van der Waals surface area contributed by atoms with Crippen molar-refractivity contribution in [1.82, 2.24) is 24.6 Å². The Morgan fingerprint density at radius 1 is 1.28 bits per heavy atom. The zero-order chi connectivity index (χ0) is 18.0. The third-order valence-corrected chi connectivity index (χ3v) is 4.31. The van der Waals surface area contributed by atoms with Gasteiger partial charge in [0.1, 0.15) is 12.9 Å². The van der Waals surface area contributed by atoms with Gasteiger partial charge in [-0.1, -0.05) is 37.3 Å². The Balaban J connectivity index is 1.63. The Kier molecular flexibility index (Phi) is 4.69. The Labute approximate surface area is 146 Å². The molecule has 0 radical (unpaired) electrons. The number of rotatable bonds is 4. The van der Waals surface area contributed by atoms with Gasteiger partial charge in [0.2, 0.25) is 11.9 Å². The lowest BCUT2D eigenvalue weighted by atomic mass is 9.85. The van der Waals surface area contributed by atoms with Crippen molar-refractivity contribution in [3.63, 3.8) is 0 Å². The maximum Gasteiger partial charge on any atom is 0.324 e. The second kappa shape index (κ2) is 6.92. The van der Waals surface area contributed by atoms with E-state index in [1.165, 1.54) is 15.9 Å². The number of nitrogens with one attached hydrogen (secondary N) is 1. The number of aromatic nitrogens is 3. The molecular weight excluding hydrogens is 320 g/mol. The second-order valence-electron chi connectivity index (χ2n) is 6.47. The van der Waals surface area contributed by atoms with Gasteiger partial charge in [0, 0.05) is 20.6 Å². The molecule has 3 rings (SSSR count). The molecule has 2 atom stereocenters. The predicted molar refractivity (Wildman–Crippen MR) is 92.8 cm³/mol. The molecule has 25 heavy (non-hydrogen) atoms. The SMILES string of the molecule is C[C@H]1CN(C(=O)Nc2ncn(CC(=O)N(C)C)n2)[C@@H]1c1ccccc1. The fourth-order valence-electron chi connectivity index (χ4n) is 2.94. The van der Waals surface area contributed by atoms with E-state index in [-0.39, 0.29) is 30.5 Å². The Bertz CT molecular complexity index is 758. The summed E-state index contributed by atoms with van der Waals surface area (Å²) in [7, 11) is 3.35. The molecule has 1 aromatic carbocycles. The minimum Gasteiger partial charge on any atom is -0.347 e. The van der Waals surface area contributed by atoms with Gasteiger partial charge >= 0.3 is 6.03 Å². The van der Waals surface area contributed by atoms with Crippen molar-refractivity contribution in [2.45, 2.75) is 19.5 Å². The number of amides is 3. The summed E-state index contributed by atoms with van der Waals surface area (Å²) in [6, 6.07) is 9.79. The molecule has 3 amide bonds. The lowest BCUT2D eigenvalue weighted by Crippen LogP contribution is -2.53. The van der Waals surface area contributed by atoms with Gasteiger partial charge in [-0.3, -0.25) is 10.1 Å². The number of likely N-dealkylation sites (tertiary alicyclic amines) is 1. The third-order valence-electron chi connectivity index (χ3n) is 4.31. The molecule has 1 aliphatic heterocycles. The van der Waals surface area contributed by atoms with Gasteiger partial charge in [0.25, 0.3) is 0 Å². The van der Waals surface area contributed by atoms with Gasteiger partial charge < -0.3 is 9.80 Å². The van der Waals surface area contributed by atoms with Crippen molar-refractivity contribution in [3.8, 4) is 0 Å². The first kappa shape index (κ1) is 16.9. The van der Waals surface area contributed by atoms with E-state index in [9.17, 15) is 9.59 Å². The van der Waals surface area contributed by atoms with Crippen LogP contribution in [-0.2, 0) is 11.3 Å². The van der Waals surface area contributed by atoms with Crippen molar-refractivity contribution in [2.75, 3.05) is 26.0 Å². The molecule has 1 aromatic heterocycles. The highest BCUT2D eigenvalue weighted by Crippen LogP contribution is 2.38. The summed E-state index contributed by atoms with van der Waals surface area (Å²) in [6.45, 7) is 2.90. The number of urea groups is 1. The van der Waals surface area contributed by atoms with E-state index in [0.29, 0.717) is 12.5 Å². The van der Waals surface area contributed by atoms with Crippen molar-refractivity contribution in [1.29, 1.82) is 0 Å². The van der Waals surface area contributed by atoms with Crippen molar-refractivity contribution < 1.29 is 9.59 Å². The Morgan fingerprint density at radius 2 is 2.00 bits per heavy atom. The summed E-state index contributed by atoms with van der Waals surface area (Å²) in [6.07, 6.45) is 1.43. The van der Waals surface area contributed by atoms with Crippen LogP contribution >= 0.6 is 0 Å².